The normalized spacial score (nSPS) is 10.8. The summed E-state index contributed by atoms with van der Waals surface area (Å²) >= 11 is 0. The lowest BCUT2D eigenvalue weighted by Crippen LogP contribution is -2.05. The quantitative estimate of drug-likeness (QED) is 0.671. The van der Waals surface area contributed by atoms with Crippen LogP contribution in [0.25, 0.3) is 11.0 Å². The van der Waals surface area contributed by atoms with Crippen molar-refractivity contribution < 1.29 is 4.74 Å². The molecule has 114 valence electrons. The van der Waals surface area contributed by atoms with E-state index in [2.05, 4.69) is 27.0 Å². The predicted octanol–water partition coefficient (Wildman–Crippen LogP) is 3.94. The van der Waals surface area contributed by atoms with Gasteiger partial charge >= 0.3 is 0 Å². The molecule has 0 aliphatic heterocycles. The monoisotopic (exact) mass is 295 g/mol. The van der Waals surface area contributed by atoms with Crippen LogP contribution in [0.2, 0.25) is 0 Å². The van der Waals surface area contributed by atoms with Gasteiger partial charge in [-0.2, -0.15) is 0 Å². The highest BCUT2D eigenvalue weighted by molar-refractivity contribution is 5.78. The molecule has 0 unspecified atom stereocenters. The molecule has 1 aromatic heterocycles. The van der Waals surface area contributed by atoms with Gasteiger partial charge in [-0.3, -0.25) is 0 Å². The summed E-state index contributed by atoms with van der Waals surface area (Å²) in [5, 5.41) is 3.17. The number of aryl methyl sites for hydroxylation is 1. The second kappa shape index (κ2) is 6.98. The maximum absolute atomic E-state index is 5.73. The van der Waals surface area contributed by atoms with Crippen LogP contribution in [0.15, 0.2) is 54.6 Å². The molecule has 0 fully saturated rings. The molecule has 0 saturated heterocycles. The van der Waals surface area contributed by atoms with Gasteiger partial charge in [0.2, 0.25) is 5.95 Å². The molecule has 0 bridgehead atoms. The number of benzene rings is 2. The Morgan fingerprint density at radius 3 is 2.59 bits per heavy atom. The van der Waals surface area contributed by atoms with E-state index in [1.165, 1.54) is 5.52 Å². The van der Waals surface area contributed by atoms with Gasteiger partial charge in [-0.1, -0.05) is 30.3 Å². The predicted molar refractivity (Wildman–Crippen MR) is 90.5 cm³/mol. The average molecular weight is 295 g/mol. The first kappa shape index (κ1) is 14.4. The lowest BCUT2D eigenvalue weighted by molar-refractivity contribution is 0.303. The Balaban J connectivity index is 1.55. The number of aromatic nitrogens is 2. The van der Waals surface area contributed by atoms with E-state index in [1.54, 1.807) is 0 Å². The molecule has 3 rings (SSSR count). The van der Waals surface area contributed by atoms with Gasteiger partial charge in [0.25, 0.3) is 0 Å². The van der Waals surface area contributed by atoms with Crippen molar-refractivity contribution in [1.29, 1.82) is 0 Å². The van der Waals surface area contributed by atoms with Crippen LogP contribution in [0.4, 0.5) is 5.95 Å². The van der Waals surface area contributed by atoms with E-state index in [-0.39, 0.29) is 0 Å². The number of nitrogens with one attached hydrogen (secondary N) is 1. The Morgan fingerprint density at radius 1 is 1.00 bits per heavy atom. The summed E-state index contributed by atoms with van der Waals surface area (Å²) in [4.78, 5) is 4.60. The second-order valence-electron chi connectivity index (χ2n) is 5.19. The van der Waals surface area contributed by atoms with Gasteiger partial charge in [-0.05, 0) is 37.1 Å². The second-order valence-corrected chi connectivity index (χ2v) is 5.19. The highest BCUT2D eigenvalue weighted by Crippen LogP contribution is 2.20. The topological polar surface area (TPSA) is 39.1 Å². The van der Waals surface area contributed by atoms with Crippen molar-refractivity contribution >= 4 is 17.0 Å². The zero-order valence-corrected chi connectivity index (χ0v) is 12.8. The van der Waals surface area contributed by atoms with Crippen molar-refractivity contribution in [3.63, 3.8) is 0 Å². The molecule has 0 spiro atoms. The molecule has 0 aliphatic carbocycles. The van der Waals surface area contributed by atoms with Crippen LogP contribution in [0.3, 0.4) is 0 Å². The molecule has 0 atom stereocenters. The van der Waals surface area contributed by atoms with Gasteiger partial charge in [0.05, 0.1) is 17.6 Å². The summed E-state index contributed by atoms with van der Waals surface area (Å²) < 4.78 is 7.96. The third-order valence-corrected chi connectivity index (χ3v) is 3.67. The molecule has 0 saturated carbocycles. The number of fused-ring (bicyclic) bond motifs is 1. The van der Waals surface area contributed by atoms with E-state index in [0.29, 0.717) is 0 Å². The lowest BCUT2D eigenvalue weighted by atomic mass is 10.3. The number of rotatable bonds is 7. The summed E-state index contributed by atoms with van der Waals surface area (Å²) in [5.41, 5.74) is 2.21. The van der Waals surface area contributed by atoms with Crippen LogP contribution >= 0.6 is 0 Å². The summed E-state index contributed by atoms with van der Waals surface area (Å²) in [7, 11) is 1.91. The smallest absolute Gasteiger partial charge is 0.203 e. The third-order valence-electron chi connectivity index (χ3n) is 3.67. The van der Waals surface area contributed by atoms with Crippen LogP contribution in [0.5, 0.6) is 5.75 Å². The van der Waals surface area contributed by atoms with Crippen LogP contribution in [0, 0.1) is 0 Å². The molecule has 4 nitrogen and oxygen atoms in total. The Bertz CT molecular complexity index is 722. The minimum Gasteiger partial charge on any atom is -0.494 e. The average Bonchev–Trinajstić information content (AvgIpc) is 2.93. The minimum absolute atomic E-state index is 0.742. The molecule has 22 heavy (non-hydrogen) atoms. The van der Waals surface area contributed by atoms with Crippen molar-refractivity contribution in [3.8, 4) is 5.75 Å². The standard InChI is InChI=1S/C18H21N3O/c1-19-18-20-16-11-5-6-12-17(16)21(18)13-7-8-14-22-15-9-3-2-4-10-15/h2-6,9-12H,7-8,13-14H2,1H3,(H,19,20). The van der Waals surface area contributed by atoms with E-state index in [0.717, 1.165) is 43.2 Å². The van der Waals surface area contributed by atoms with Crippen LogP contribution in [-0.4, -0.2) is 23.2 Å². The Labute approximate surface area is 130 Å². The fourth-order valence-corrected chi connectivity index (χ4v) is 2.57. The Kier molecular flexibility index (Phi) is 4.59. The van der Waals surface area contributed by atoms with Crippen molar-refractivity contribution in [2.45, 2.75) is 19.4 Å². The number of hydrogen-bond donors (Lipinski definition) is 1. The molecule has 3 aromatic rings. The van der Waals surface area contributed by atoms with E-state index < -0.39 is 0 Å². The van der Waals surface area contributed by atoms with E-state index >= 15 is 0 Å². The van der Waals surface area contributed by atoms with Crippen LogP contribution in [0.1, 0.15) is 12.8 Å². The molecular formula is C18H21N3O. The maximum atomic E-state index is 5.73. The fourth-order valence-electron chi connectivity index (χ4n) is 2.57. The van der Waals surface area contributed by atoms with Gasteiger partial charge in [0, 0.05) is 13.6 Å². The van der Waals surface area contributed by atoms with E-state index in [1.807, 2.05) is 49.5 Å². The molecule has 1 heterocycles. The maximum Gasteiger partial charge on any atom is 0.203 e. The number of anilines is 1. The zero-order valence-electron chi connectivity index (χ0n) is 12.8. The number of para-hydroxylation sites is 3. The fraction of sp³-hybridized carbons (Fsp3) is 0.278. The zero-order chi connectivity index (χ0) is 15.2. The Hall–Kier alpha value is -2.49. The highest BCUT2D eigenvalue weighted by atomic mass is 16.5. The number of unbranched alkanes of at least 4 members (excludes halogenated alkanes) is 1. The summed E-state index contributed by atoms with van der Waals surface area (Å²) in [6.45, 7) is 1.68. The molecule has 0 radical (unpaired) electrons. The minimum atomic E-state index is 0.742. The number of imidazole rings is 1. The highest BCUT2D eigenvalue weighted by Gasteiger charge is 2.08. The van der Waals surface area contributed by atoms with Crippen molar-refractivity contribution in [2.75, 3.05) is 19.0 Å². The summed E-state index contributed by atoms with van der Waals surface area (Å²) in [5.74, 6) is 1.86. The number of ether oxygens (including phenoxy) is 1. The summed E-state index contributed by atoms with van der Waals surface area (Å²) in [6.07, 6.45) is 2.08. The number of nitrogens with zero attached hydrogens (tertiary/aromatic N) is 2. The molecule has 1 N–H and O–H groups in total. The molecule has 4 heteroatoms. The number of hydrogen-bond acceptors (Lipinski definition) is 3. The van der Waals surface area contributed by atoms with Crippen LogP contribution in [-0.2, 0) is 6.54 Å². The molecule has 0 aliphatic rings. The van der Waals surface area contributed by atoms with E-state index in [9.17, 15) is 0 Å². The van der Waals surface area contributed by atoms with E-state index in [4.69, 9.17) is 4.74 Å². The van der Waals surface area contributed by atoms with Gasteiger partial charge in [0.1, 0.15) is 5.75 Å². The molecule has 2 aromatic carbocycles. The SMILES string of the molecule is CNc1nc2ccccc2n1CCCCOc1ccccc1. The van der Waals surface area contributed by atoms with Crippen LogP contribution < -0.4 is 10.1 Å². The third kappa shape index (κ3) is 3.22. The van der Waals surface area contributed by atoms with Crippen molar-refractivity contribution in [3.05, 3.63) is 54.6 Å². The van der Waals surface area contributed by atoms with Crippen molar-refractivity contribution in [1.82, 2.24) is 9.55 Å². The largest absolute Gasteiger partial charge is 0.494 e. The van der Waals surface area contributed by atoms with Gasteiger partial charge in [0.15, 0.2) is 0 Å². The first-order valence-electron chi connectivity index (χ1n) is 7.69. The van der Waals surface area contributed by atoms with Crippen molar-refractivity contribution in [2.24, 2.45) is 0 Å². The summed E-state index contributed by atoms with van der Waals surface area (Å²) in [6, 6.07) is 18.2. The van der Waals surface area contributed by atoms with Gasteiger partial charge in [-0.25, -0.2) is 4.98 Å². The lowest BCUT2D eigenvalue weighted by Gasteiger charge is -2.09. The first-order valence-corrected chi connectivity index (χ1v) is 7.69. The van der Waals surface area contributed by atoms with Gasteiger partial charge < -0.3 is 14.6 Å². The Morgan fingerprint density at radius 2 is 1.77 bits per heavy atom. The molecule has 0 amide bonds. The first-order chi connectivity index (χ1) is 10.9. The van der Waals surface area contributed by atoms with Gasteiger partial charge in [-0.15, -0.1) is 0 Å². The molecular weight excluding hydrogens is 274 g/mol.